The van der Waals surface area contributed by atoms with Crippen molar-refractivity contribution < 1.29 is 14.6 Å². The van der Waals surface area contributed by atoms with Gasteiger partial charge in [0.1, 0.15) is 0 Å². The van der Waals surface area contributed by atoms with Gasteiger partial charge < -0.3 is 15.2 Å². The molecule has 0 spiro atoms. The highest BCUT2D eigenvalue weighted by atomic mass is 16.5. The Bertz CT molecular complexity index is 504. The van der Waals surface area contributed by atoms with E-state index < -0.39 is 0 Å². The number of hydrogen-bond donors (Lipinski definition) is 2. The lowest BCUT2D eigenvalue weighted by Crippen LogP contribution is -2.31. The van der Waals surface area contributed by atoms with Crippen molar-refractivity contribution in [2.45, 2.75) is 25.7 Å². The number of benzene rings is 1. The first kappa shape index (κ1) is 12.3. The minimum Gasteiger partial charge on any atom is -0.504 e. The predicted molar refractivity (Wildman–Crippen MR) is 71.4 cm³/mol. The predicted octanol–water partition coefficient (Wildman–Crippen LogP) is 2.32. The molecule has 3 rings (SSSR count). The SMILES string of the molecule is COc1cccc(C(=O)NCC2(C3CC3)CC2)c1O. The Labute approximate surface area is 112 Å². The highest BCUT2D eigenvalue weighted by molar-refractivity contribution is 5.97. The van der Waals surface area contributed by atoms with Crippen LogP contribution in [0.1, 0.15) is 36.0 Å². The summed E-state index contributed by atoms with van der Waals surface area (Å²) in [4.78, 5) is 12.1. The van der Waals surface area contributed by atoms with Crippen LogP contribution in [-0.4, -0.2) is 24.7 Å². The Morgan fingerprint density at radius 3 is 2.79 bits per heavy atom. The smallest absolute Gasteiger partial charge is 0.255 e. The summed E-state index contributed by atoms with van der Waals surface area (Å²) < 4.78 is 5.01. The second kappa shape index (κ2) is 4.44. The number of carbonyl (C=O) groups excluding carboxylic acids is 1. The molecule has 2 aliphatic carbocycles. The number of aromatic hydroxyl groups is 1. The third-order valence-corrected chi connectivity index (χ3v) is 4.40. The molecule has 2 aliphatic rings. The Kier molecular flexibility index (Phi) is 2.88. The highest BCUT2D eigenvalue weighted by Crippen LogP contribution is 2.60. The van der Waals surface area contributed by atoms with Crippen LogP contribution in [0.3, 0.4) is 0 Å². The second-order valence-corrected chi connectivity index (χ2v) is 5.68. The van der Waals surface area contributed by atoms with Crippen molar-refractivity contribution in [3.63, 3.8) is 0 Å². The van der Waals surface area contributed by atoms with Crippen molar-refractivity contribution in [1.29, 1.82) is 0 Å². The fourth-order valence-electron chi connectivity index (χ4n) is 2.81. The summed E-state index contributed by atoms with van der Waals surface area (Å²) in [7, 11) is 1.48. The van der Waals surface area contributed by atoms with Crippen LogP contribution in [0.2, 0.25) is 0 Å². The molecule has 1 aromatic carbocycles. The van der Waals surface area contributed by atoms with Crippen LogP contribution in [0, 0.1) is 11.3 Å². The third kappa shape index (κ3) is 2.27. The van der Waals surface area contributed by atoms with Gasteiger partial charge in [-0.2, -0.15) is 0 Å². The zero-order valence-corrected chi connectivity index (χ0v) is 11.1. The van der Waals surface area contributed by atoms with Gasteiger partial charge in [0.05, 0.1) is 12.7 Å². The molecule has 4 heteroatoms. The fraction of sp³-hybridized carbons (Fsp3) is 0.533. The van der Waals surface area contributed by atoms with Crippen molar-refractivity contribution in [3.8, 4) is 11.5 Å². The van der Waals surface area contributed by atoms with Crippen LogP contribution in [0.15, 0.2) is 18.2 Å². The van der Waals surface area contributed by atoms with Crippen LogP contribution in [0.5, 0.6) is 11.5 Å². The molecule has 0 aromatic heterocycles. The lowest BCUT2D eigenvalue weighted by Gasteiger charge is -2.15. The van der Waals surface area contributed by atoms with Crippen LogP contribution >= 0.6 is 0 Å². The molecule has 0 heterocycles. The first-order valence-electron chi connectivity index (χ1n) is 6.80. The largest absolute Gasteiger partial charge is 0.504 e. The number of phenolic OH excluding ortho intramolecular Hbond substituents is 1. The molecule has 102 valence electrons. The maximum absolute atomic E-state index is 12.1. The average molecular weight is 261 g/mol. The summed E-state index contributed by atoms with van der Waals surface area (Å²) >= 11 is 0. The zero-order chi connectivity index (χ0) is 13.5. The van der Waals surface area contributed by atoms with E-state index in [9.17, 15) is 9.90 Å². The molecule has 2 saturated carbocycles. The number of hydrogen-bond acceptors (Lipinski definition) is 3. The lowest BCUT2D eigenvalue weighted by atomic mass is 10.0. The van der Waals surface area contributed by atoms with Gasteiger partial charge in [0, 0.05) is 6.54 Å². The molecule has 0 unspecified atom stereocenters. The van der Waals surface area contributed by atoms with Gasteiger partial charge in [0.2, 0.25) is 0 Å². The molecular formula is C15H19NO3. The van der Waals surface area contributed by atoms with Crippen LogP contribution in [0.4, 0.5) is 0 Å². The fourth-order valence-corrected chi connectivity index (χ4v) is 2.81. The number of methoxy groups -OCH3 is 1. The van der Waals surface area contributed by atoms with Crippen molar-refractivity contribution in [2.75, 3.05) is 13.7 Å². The number of carbonyl (C=O) groups is 1. The summed E-state index contributed by atoms with van der Waals surface area (Å²) in [6, 6.07) is 4.96. The number of amides is 1. The van der Waals surface area contributed by atoms with Gasteiger partial charge in [-0.25, -0.2) is 0 Å². The zero-order valence-electron chi connectivity index (χ0n) is 11.1. The van der Waals surface area contributed by atoms with E-state index in [-0.39, 0.29) is 17.2 Å². The van der Waals surface area contributed by atoms with Gasteiger partial charge in [0.25, 0.3) is 5.91 Å². The molecule has 0 saturated heterocycles. The van der Waals surface area contributed by atoms with Gasteiger partial charge in [-0.1, -0.05) is 6.07 Å². The molecule has 19 heavy (non-hydrogen) atoms. The second-order valence-electron chi connectivity index (χ2n) is 5.68. The molecule has 2 N–H and O–H groups in total. The minimum atomic E-state index is -0.219. The quantitative estimate of drug-likeness (QED) is 0.855. The van der Waals surface area contributed by atoms with Gasteiger partial charge >= 0.3 is 0 Å². The van der Waals surface area contributed by atoms with Gasteiger partial charge in [-0.05, 0) is 49.1 Å². The van der Waals surface area contributed by atoms with E-state index in [1.54, 1.807) is 18.2 Å². The van der Waals surface area contributed by atoms with Crippen LogP contribution < -0.4 is 10.1 Å². The van der Waals surface area contributed by atoms with Gasteiger partial charge in [-0.3, -0.25) is 4.79 Å². The van der Waals surface area contributed by atoms with E-state index in [1.165, 1.54) is 32.8 Å². The van der Waals surface area contributed by atoms with Crippen LogP contribution in [-0.2, 0) is 0 Å². The Morgan fingerprint density at radius 2 is 2.21 bits per heavy atom. The standard InChI is InChI=1S/C15H19NO3/c1-19-12-4-2-3-11(13(12)17)14(18)16-9-15(7-8-15)10-5-6-10/h2-4,10,17H,5-9H2,1H3,(H,16,18). The topological polar surface area (TPSA) is 58.6 Å². The highest BCUT2D eigenvalue weighted by Gasteiger charge is 2.53. The van der Waals surface area contributed by atoms with E-state index in [1.807, 2.05) is 0 Å². The molecule has 1 amide bonds. The molecule has 0 aliphatic heterocycles. The summed E-state index contributed by atoms with van der Waals surface area (Å²) in [5, 5.41) is 12.9. The molecular weight excluding hydrogens is 242 g/mol. The van der Waals surface area contributed by atoms with E-state index in [0.717, 1.165) is 12.5 Å². The monoisotopic (exact) mass is 261 g/mol. The number of phenols is 1. The Morgan fingerprint density at radius 1 is 1.47 bits per heavy atom. The maximum atomic E-state index is 12.1. The summed E-state index contributed by atoms with van der Waals surface area (Å²) in [6.07, 6.45) is 5.06. The van der Waals surface area contributed by atoms with Crippen molar-refractivity contribution in [2.24, 2.45) is 11.3 Å². The molecule has 0 radical (unpaired) electrons. The van der Waals surface area contributed by atoms with Crippen molar-refractivity contribution in [3.05, 3.63) is 23.8 Å². The minimum absolute atomic E-state index is 0.0845. The maximum Gasteiger partial charge on any atom is 0.255 e. The molecule has 0 bridgehead atoms. The van der Waals surface area contributed by atoms with Crippen molar-refractivity contribution >= 4 is 5.91 Å². The Hall–Kier alpha value is -1.71. The molecule has 1 aromatic rings. The summed E-state index contributed by atoms with van der Waals surface area (Å²) in [5.41, 5.74) is 0.649. The molecule has 2 fully saturated rings. The summed E-state index contributed by atoms with van der Waals surface area (Å²) in [6.45, 7) is 0.729. The first-order chi connectivity index (χ1) is 9.16. The van der Waals surface area contributed by atoms with E-state index in [0.29, 0.717) is 11.2 Å². The first-order valence-corrected chi connectivity index (χ1v) is 6.80. The normalized spacial score (nSPS) is 19.8. The van der Waals surface area contributed by atoms with Gasteiger partial charge in [-0.15, -0.1) is 0 Å². The van der Waals surface area contributed by atoms with Gasteiger partial charge in [0.15, 0.2) is 11.5 Å². The molecule has 4 nitrogen and oxygen atoms in total. The lowest BCUT2D eigenvalue weighted by molar-refractivity contribution is 0.0939. The number of rotatable bonds is 5. The van der Waals surface area contributed by atoms with E-state index >= 15 is 0 Å². The third-order valence-electron chi connectivity index (χ3n) is 4.40. The Balaban J connectivity index is 1.67. The van der Waals surface area contributed by atoms with Crippen LogP contribution in [0.25, 0.3) is 0 Å². The van der Waals surface area contributed by atoms with E-state index in [2.05, 4.69) is 5.32 Å². The average Bonchev–Trinajstić information content (AvgIpc) is 3.28. The van der Waals surface area contributed by atoms with Crippen molar-refractivity contribution in [1.82, 2.24) is 5.32 Å². The van der Waals surface area contributed by atoms with E-state index in [4.69, 9.17) is 4.74 Å². The number of para-hydroxylation sites is 1. The number of nitrogens with one attached hydrogen (secondary N) is 1. The number of ether oxygens (including phenoxy) is 1. The summed E-state index contributed by atoms with van der Waals surface area (Å²) in [5.74, 6) is 0.838. The molecule has 0 atom stereocenters.